The van der Waals surface area contributed by atoms with Crippen LogP contribution in [-0.2, 0) is 11.3 Å². The van der Waals surface area contributed by atoms with E-state index in [0.29, 0.717) is 37.6 Å². The lowest BCUT2D eigenvalue weighted by Crippen LogP contribution is -2.41. The first kappa shape index (κ1) is 24.1. The number of hydrogen-bond donors (Lipinski definition) is 0. The highest BCUT2D eigenvalue weighted by Gasteiger charge is 2.30. The number of nitriles is 1. The fourth-order valence-corrected chi connectivity index (χ4v) is 4.10. The molecule has 184 valence electrons. The zero-order chi connectivity index (χ0) is 24.9. The quantitative estimate of drug-likeness (QED) is 0.464. The Bertz CT molecular complexity index is 1200. The number of anilines is 1. The van der Waals surface area contributed by atoms with Crippen LogP contribution in [0.5, 0.6) is 11.5 Å². The molecule has 0 N–H and O–H groups in total. The summed E-state index contributed by atoms with van der Waals surface area (Å²) in [5.41, 5.74) is 0.897. The molecule has 0 aliphatic carbocycles. The average Bonchev–Trinajstić information content (AvgIpc) is 3.54. The Kier molecular flexibility index (Phi) is 7.19. The Morgan fingerprint density at radius 3 is 2.71 bits per heavy atom. The fourth-order valence-electron chi connectivity index (χ4n) is 4.10. The number of oxazole rings is 1. The topological polar surface area (TPSA) is 105 Å². The molecule has 35 heavy (non-hydrogen) atoms. The zero-order valence-corrected chi connectivity index (χ0v) is 19.2. The first-order valence-corrected chi connectivity index (χ1v) is 11.0. The van der Waals surface area contributed by atoms with Crippen LogP contribution < -0.4 is 14.4 Å². The number of ether oxygens (including phenoxy) is 2. The van der Waals surface area contributed by atoms with Crippen LogP contribution in [0.25, 0.3) is 11.7 Å². The standard InChI is InChI=1S/C24H24F2N4O5/c1-29(14-15-5-6-18(34-24(25)26)20(12-15)32-2)22(31)16-7-9-30(10-8-16)23-17(13-27)28-21(35-23)19-4-3-11-33-19/h3-6,11-12,16,24H,7-10,14H2,1-2H3. The maximum absolute atomic E-state index is 13.0. The third-order valence-electron chi connectivity index (χ3n) is 5.82. The Morgan fingerprint density at radius 1 is 1.31 bits per heavy atom. The van der Waals surface area contributed by atoms with E-state index in [4.69, 9.17) is 13.6 Å². The third kappa shape index (κ3) is 5.37. The van der Waals surface area contributed by atoms with Gasteiger partial charge in [0.1, 0.15) is 6.07 Å². The predicted octanol–water partition coefficient (Wildman–Crippen LogP) is 4.29. The number of carbonyl (C=O) groups excluding carboxylic acids is 1. The van der Waals surface area contributed by atoms with Gasteiger partial charge in [0, 0.05) is 32.6 Å². The summed E-state index contributed by atoms with van der Waals surface area (Å²) in [5, 5.41) is 9.47. The second kappa shape index (κ2) is 10.5. The van der Waals surface area contributed by atoms with Gasteiger partial charge in [-0.2, -0.15) is 19.0 Å². The molecule has 11 heteroatoms. The van der Waals surface area contributed by atoms with Crippen LogP contribution in [0.3, 0.4) is 0 Å². The molecule has 1 saturated heterocycles. The number of methoxy groups -OCH3 is 1. The highest BCUT2D eigenvalue weighted by molar-refractivity contribution is 5.79. The van der Waals surface area contributed by atoms with Gasteiger partial charge in [-0.25, -0.2) is 0 Å². The molecule has 0 unspecified atom stereocenters. The van der Waals surface area contributed by atoms with Gasteiger partial charge in [-0.1, -0.05) is 6.07 Å². The summed E-state index contributed by atoms with van der Waals surface area (Å²) in [6, 6.07) is 10.1. The van der Waals surface area contributed by atoms with E-state index in [1.54, 1.807) is 36.2 Å². The van der Waals surface area contributed by atoms with E-state index in [1.165, 1.54) is 19.4 Å². The van der Waals surface area contributed by atoms with Crippen LogP contribution in [0, 0.1) is 17.2 Å². The number of nitrogens with zero attached hydrogens (tertiary/aromatic N) is 4. The number of carbonyl (C=O) groups is 1. The van der Waals surface area contributed by atoms with Crippen LogP contribution in [-0.4, -0.2) is 49.6 Å². The van der Waals surface area contributed by atoms with Gasteiger partial charge in [-0.15, -0.1) is 0 Å². The van der Waals surface area contributed by atoms with E-state index < -0.39 is 6.61 Å². The molecule has 0 spiro atoms. The Morgan fingerprint density at radius 2 is 2.09 bits per heavy atom. The summed E-state index contributed by atoms with van der Waals surface area (Å²) in [4.78, 5) is 20.8. The number of amides is 1. The summed E-state index contributed by atoms with van der Waals surface area (Å²) in [5.74, 6) is 0.933. The second-order valence-corrected chi connectivity index (χ2v) is 8.08. The summed E-state index contributed by atoms with van der Waals surface area (Å²) in [6.45, 7) is -1.61. The van der Waals surface area contributed by atoms with Crippen LogP contribution in [0.1, 0.15) is 24.1 Å². The average molecular weight is 486 g/mol. The van der Waals surface area contributed by atoms with Gasteiger partial charge in [-0.3, -0.25) is 4.79 Å². The minimum atomic E-state index is -2.96. The molecule has 0 saturated carbocycles. The molecule has 9 nitrogen and oxygen atoms in total. The molecule has 0 atom stereocenters. The van der Waals surface area contributed by atoms with Crippen molar-refractivity contribution >= 4 is 11.8 Å². The fraction of sp³-hybridized carbons (Fsp3) is 0.375. The van der Waals surface area contributed by atoms with Crippen molar-refractivity contribution in [1.82, 2.24) is 9.88 Å². The number of aromatic nitrogens is 1. The van der Waals surface area contributed by atoms with E-state index in [-0.39, 0.29) is 41.5 Å². The van der Waals surface area contributed by atoms with E-state index >= 15 is 0 Å². The highest BCUT2D eigenvalue weighted by atomic mass is 19.3. The molecular formula is C24H24F2N4O5. The molecule has 0 radical (unpaired) electrons. The minimum absolute atomic E-state index is 0.0223. The second-order valence-electron chi connectivity index (χ2n) is 8.08. The molecule has 3 aromatic rings. The summed E-state index contributed by atoms with van der Waals surface area (Å²) in [6.07, 6.45) is 2.66. The van der Waals surface area contributed by atoms with Crippen LogP contribution >= 0.6 is 0 Å². The molecule has 0 bridgehead atoms. The maximum atomic E-state index is 13.0. The van der Waals surface area contributed by atoms with Gasteiger partial charge in [0.25, 0.3) is 5.89 Å². The number of halogens is 2. The molecule has 3 heterocycles. The van der Waals surface area contributed by atoms with Gasteiger partial charge >= 0.3 is 6.61 Å². The van der Waals surface area contributed by atoms with Gasteiger partial charge in [-0.05, 0) is 42.7 Å². The van der Waals surface area contributed by atoms with Crippen molar-refractivity contribution in [3.8, 4) is 29.2 Å². The van der Waals surface area contributed by atoms with Crippen LogP contribution in [0.4, 0.5) is 14.7 Å². The smallest absolute Gasteiger partial charge is 0.387 e. The third-order valence-corrected chi connectivity index (χ3v) is 5.82. The molecule has 1 aliphatic heterocycles. The molecule has 1 aliphatic rings. The summed E-state index contributed by atoms with van der Waals surface area (Å²) in [7, 11) is 3.06. The summed E-state index contributed by atoms with van der Waals surface area (Å²) < 4.78 is 45.8. The lowest BCUT2D eigenvalue weighted by molar-refractivity contribution is -0.135. The molecule has 1 fully saturated rings. The van der Waals surface area contributed by atoms with Crippen molar-refractivity contribution in [3.05, 3.63) is 47.9 Å². The molecule has 1 amide bonds. The van der Waals surface area contributed by atoms with E-state index in [1.807, 2.05) is 4.90 Å². The normalized spacial score (nSPS) is 14.1. The predicted molar refractivity (Wildman–Crippen MR) is 120 cm³/mol. The number of benzene rings is 1. The van der Waals surface area contributed by atoms with Gasteiger partial charge in [0.2, 0.25) is 17.5 Å². The molecule has 4 rings (SSSR count). The Hall–Kier alpha value is -4.07. The highest BCUT2D eigenvalue weighted by Crippen LogP contribution is 2.33. The Balaban J connectivity index is 1.37. The number of furan rings is 1. The maximum Gasteiger partial charge on any atom is 0.387 e. The van der Waals surface area contributed by atoms with Crippen molar-refractivity contribution < 1.29 is 31.9 Å². The minimum Gasteiger partial charge on any atom is -0.493 e. The Labute approximate surface area is 200 Å². The van der Waals surface area contributed by atoms with Gasteiger partial charge < -0.3 is 28.1 Å². The van der Waals surface area contributed by atoms with Crippen molar-refractivity contribution in [2.75, 3.05) is 32.1 Å². The number of hydrogen-bond acceptors (Lipinski definition) is 8. The van der Waals surface area contributed by atoms with Crippen molar-refractivity contribution in [2.45, 2.75) is 26.0 Å². The first-order valence-electron chi connectivity index (χ1n) is 11.0. The van der Waals surface area contributed by atoms with Crippen LogP contribution in [0.2, 0.25) is 0 Å². The van der Waals surface area contributed by atoms with E-state index in [0.717, 1.165) is 5.56 Å². The largest absolute Gasteiger partial charge is 0.493 e. The van der Waals surface area contributed by atoms with E-state index in [9.17, 15) is 18.8 Å². The van der Waals surface area contributed by atoms with Gasteiger partial charge in [0.15, 0.2) is 17.3 Å². The van der Waals surface area contributed by atoms with Gasteiger partial charge in [0.05, 0.1) is 13.4 Å². The summed E-state index contributed by atoms with van der Waals surface area (Å²) >= 11 is 0. The molecule has 2 aromatic heterocycles. The molecular weight excluding hydrogens is 462 g/mol. The number of rotatable bonds is 8. The number of piperidine rings is 1. The van der Waals surface area contributed by atoms with Crippen LogP contribution in [0.15, 0.2) is 45.4 Å². The first-order chi connectivity index (χ1) is 16.9. The zero-order valence-electron chi connectivity index (χ0n) is 19.2. The number of alkyl halides is 2. The lowest BCUT2D eigenvalue weighted by atomic mass is 9.95. The van der Waals surface area contributed by atoms with E-state index in [2.05, 4.69) is 15.8 Å². The molecule has 1 aromatic carbocycles. The van der Waals surface area contributed by atoms with Crippen molar-refractivity contribution in [2.24, 2.45) is 5.92 Å². The SMILES string of the molecule is COc1cc(CN(C)C(=O)C2CCN(c3oc(-c4ccco4)nc3C#N)CC2)ccc1OC(F)F. The lowest BCUT2D eigenvalue weighted by Gasteiger charge is -2.33. The van der Waals surface area contributed by atoms with Crippen molar-refractivity contribution in [3.63, 3.8) is 0 Å². The monoisotopic (exact) mass is 486 g/mol. The van der Waals surface area contributed by atoms with Crippen molar-refractivity contribution in [1.29, 1.82) is 5.26 Å².